The van der Waals surface area contributed by atoms with Crippen molar-refractivity contribution >= 4 is 143 Å². The first-order valence-corrected chi connectivity index (χ1v) is 52.9. The maximum absolute atomic E-state index is 14.5. The zero-order chi connectivity index (χ0) is 93.6. The molecule has 9 aromatic rings. The molecule has 3 aromatic heterocycles. The van der Waals surface area contributed by atoms with Gasteiger partial charge in [-0.15, -0.1) is 27.7 Å². The number of benzene rings is 6. The van der Waals surface area contributed by atoms with Gasteiger partial charge in [0.25, 0.3) is 0 Å². The number of hydrogen-bond donors (Lipinski definition) is 7. The fourth-order valence-corrected chi connectivity index (χ4v) is 17.2. The van der Waals surface area contributed by atoms with E-state index >= 15 is 0 Å². The van der Waals surface area contributed by atoms with Gasteiger partial charge in [-0.05, 0) is 139 Å². The Labute approximate surface area is 762 Å². The van der Waals surface area contributed by atoms with Crippen molar-refractivity contribution in [2.24, 2.45) is 0 Å². The number of aromatic nitrogens is 3. The summed E-state index contributed by atoms with van der Waals surface area (Å²) >= 11 is 3.51. The first-order chi connectivity index (χ1) is 60.7. The Morgan fingerprint density at radius 2 is 0.775 bits per heavy atom. The molecule has 0 bridgehead atoms. The number of hydrogen-bond acceptors (Lipinski definition) is 20. The van der Waals surface area contributed by atoms with E-state index in [1.807, 2.05) is 91.0 Å². The number of rotatable bonds is 38. The molecule has 0 aliphatic carbocycles. The number of carbonyl (C=O) groups is 9. The number of Topliss-reactive ketones (excluding diaryl/α,β-unsaturated/α-hetero) is 3. The van der Waals surface area contributed by atoms with Crippen molar-refractivity contribution in [1.29, 1.82) is 0 Å². The summed E-state index contributed by atoms with van der Waals surface area (Å²) in [5.74, 6) is -2.62. The van der Waals surface area contributed by atoms with Crippen molar-refractivity contribution in [3.8, 4) is 17.2 Å². The molecule has 702 valence electrons. The molecular weight excluding hydrogens is 1840 g/mol. The standard InChI is InChI=1S/C30H37FN3O7P.C26H29FN3O7P.C17H22NO7P.C13H17FN2O.C3H9BrSi.ClH/c1-4-40-42(38,41-5-2)20-39-24-11-12-27-25(16-24)26(21(3)35)18-33(27)19-29(36)34-17-23(31)15-28(34)30(37)32-14-13-22-9-7-6-8-10-22;1-17(31)22-14-29(23-8-7-20(12-21(22)23)37-16-38(34,35)36)15-25(32)30-13-19(27)11-24(30)26(33)28-10-9-18-5-3-2-4-6-18;1-4-24-26(22,25-5-2)11-23-13-6-7-16-14(8-13)15(12(3)19)9-18(16)10-17(20)21;14-11-8-12(16-9-11)13(17)15-7-6-10-4-2-1-3-5-10;1-5(2,3)4;/h6-12,16,18,23,28H,4-5,13-15,17,19-20H2,1-3H3,(H,32,37);2-8,12,14,19,24H,9-11,13,15-16H2,1H3,(H,28,33)(H2,34,35,36);6-9H,4-5,10-11H2,1-3H3,(H,20,21);1-5,11-12,16H,6-9H2,(H,15,17);1-3H3;1H/t23-,28+;19-,24+;;11-,12+;;/m11.1../s1. The van der Waals surface area contributed by atoms with E-state index in [1.165, 1.54) is 69.8 Å². The molecule has 3 fully saturated rings. The number of fused-ring (bicyclic) bond motifs is 3. The molecule has 3 saturated heterocycles. The average molecular weight is 1960 g/mol. The average Bonchev–Trinajstić information content (AvgIpc) is 1.64. The van der Waals surface area contributed by atoms with Crippen LogP contribution < -0.4 is 35.5 Å². The van der Waals surface area contributed by atoms with Gasteiger partial charge in [0, 0.05) is 113 Å². The highest BCUT2D eigenvalue weighted by Crippen LogP contribution is 2.49. The largest absolute Gasteiger partial charge is 0.481 e. The highest BCUT2D eigenvalue weighted by molar-refractivity contribution is 9.26. The molecular formula is C89H115BrClF3N9O22P3Si. The minimum absolute atomic E-state index is 0. The second-order valence-electron chi connectivity index (χ2n) is 31.2. The number of aliphatic carboxylic acids is 1. The Bertz CT molecular complexity index is 5420. The normalized spacial score (nSPS) is 16.6. The van der Waals surface area contributed by atoms with Gasteiger partial charge in [0.1, 0.15) is 74.2 Å². The topological polar surface area (TPSA) is 400 Å². The molecule has 12 rings (SSSR count). The number of nitrogens with one attached hydrogen (secondary N) is 4. The van der Waals surface area contributed by atoms with Gasteiger partial charge in [-0.2, -0.15) is 0 Å². The van der Waals surface area contributed by atoms with Gasteiger partial charge in [-0.25, -0.2) is 13.2 Å². The van der Waals surface area contributed by atoms with E-state index in [0.717, 1.165) is 17.5 Å². The van der Waals surface area contributed by atoms with Gasteiger partial charge in [-0.3, -0.25) is 56.8 Å². The van der Waals surface area contributed by atoms with E-state index in [9.17, 15) is 70.0 Å². The minimum Gasteiger partial charge on any atom is -0.481 e. The van der Waals surface area contributed by atoms with Crippen LogP contribution in [0, 0.1) is 0 Å². The van der Waals surface area contributed by atoms with E-state index in [4.69, 9.17) is 47.2 Å². The first-order valence-electron chi connectivity index (χ1n) is 41.9. The van der Waals surface area contributed by atoms with Crippen LogP contribution in [0.15, 0.2) is 164 Å². The van der Waals surface area contributed by atoms with Crippen LogP contribution in [0.2, 0.25) is 19.6 Å². The molecule has 6 heterocycles. The van der Waals surface area contributed by atoms with Crippen molar-refractivity contribution in [2.75, 3.05) is 84.7 Å². The highest BCUT2D eigenvalue weighted by Gasteiger charge is 2.42. The Kier molecular flexibility index (Phi) is 41.8. The molecule has 0 spiro atoms. The number of likely N-dealkylation sites (tertiary alicyclic amines) is 2. The summed E-state index contributed by atoms with van der Waals surface area (Å²) in [5.41, 5.74) is 6.03. The van der Waals surface area contributed by atoms with Crippen LogP contribution in [0.25, 0.3) is 32.7 Å². The predicted molar refractivity (Wildman–Crippen MR) is 494 cm³/mol. The van der Waals surface area contributed by atoms with Crippen LogP contribution in [0.1, 0.15) is 115 Å². The van der Waals surface area contributed by atoms with Crippen molar-refractivity contribution in [3.63, 3.8) is 0 Å². The van der Waals surface area contributed by atoms with Crippen LogP contribution in [-0.2, 0) is 99.5 Å². The second-order valence-corrected chi connectivity index (χ2v) is 48.1. The van der Waals surface area contributed by atoms with Crippen molar-refractivity contribution in [3.05, 3.63) is 198 Å². The third-order valence-electron chi connectivity index (χ3n) is 19.9. The van der Waals surface area contributed by atoms with Crippen molar-refractivity contribution < 1.29 is 117 Å². The summed E-state index contributed by atoms with van der Waals surface area (Å²) in [4.78, 5) is 132. The lowest BCUT2D eigenvalue weighted by molar-refractivity contribution is -0.138. The minimum atomic E-state index is -4.40. The Hall–Kier alpha value is -9.64. The number of carboxylic acid groups (broad SMARTS) is 1. The number of ketones is 3. The molecule has 40 heteroatoms. The maximum Gasteiger partial charge on any atom is 0.367 e. The van der Waals surface area contributed by atoms with Crippen LogP contribution in [0.5, 0.6) is 17.2 Å². The molecule has 31 nitrogen and oxygen atoms in total. The number of carbonyl (C=O) groups excluding carboxylic acids is 8. The zero-order valence-corrected chi connectivity index (χ0v) is 79.8. The van der Waals surface area contributed by atoms with E-state index < -0.39 is 90.1 Å². The molecule has 0 saturated carbocycles. The predicted octanol–water partition coefficient (Wildman–Crippen LogP) is 14.6. The summed E-state index contributed by atoms with van der Waals surface area (Å²) in [6.45, 7) is 18.4. The van der Waals surface area contributed by atoms with Crippen molar-refractivity contribution in [1.82, 2.24) is 44.8 Å². The lowest BCUT2D eigenvalue weighted by Crippen LogP contribution is -2.47. The SMILES string of the molecule is CC(=O)c1cn(CC(=O)N2C[C@H](F)C[C@H]2C(=O)NCCc2ccccc2)c2ccc(OCP(=O)(O)O)cc12.CCOP(=O)(COc1ccc2c(c1)c(C(C)=O)cn2CC(=O)N1C[C@H](F)C[C@H]1C(=O)NCCc1ccccc1)OCC.CCOP(=O)(COc1ccc2c(c1)c(C(C)=O)cn2CC(=O)O)OCC.C[Si](C)(C)Br.Cl.O=C(NCCc1ccccc1)[C@@H]1C[C@@H](F)CN1. The molecule has 7 N–H and O–H groups in total. The van der Waals surface area contributed by atoms with Crippen LogP contribution >= 0.6 is 50.5 Å². The first kappa shape index (κ1) is 106. The molecule has 3 aliphatic rings. The van der Waals surface area contributed by atoms with E-state index in [0.29, 0.717) is 87.8 Å². The lowest BCUT2D eigenvalue weighted by Gasteiger charge is -2.24. The van der Waals surface area contributed by atoms with Gasteiger partial charge in [-0.1, -0.05) is 111 Å². The quantitative estimate of drug-likeness (QED) is 0.00818. The highest BCUT2D eigenvalue weighted by atomic mass is 79.9. The summed E-state index contributed by atoms with van der Waals surface area (Å²) in [7, 11) is -11.2. The Morgan fingerprint density at radius 3 is 1.06 bits per heavy atom. The van der Waals surface area contributed by atoms with Crippen LogP contribution in [-0.4, -0.2) is 219 Å². The molecule has 0 radical (unpaired) electrons. The number of amides is 5. The van der Waals surface area contributed by atoms with Gasteiger partial charge >= 0.3 is 28.8 Å². The number of halogens is 5. The van der Waals surface area contributed by atoms with Gasteiger partial charge in [0.15, 0.2) is 36.4 Å². The summed E-state index contributed by atoms with van der Waals surface area (Å²) in [5, 5.41) is 21.9. The van der Waals surface area contributed by atoms with Gasteiger partial charge < -0.3 is 92.0 Å². The van der Waals surface area contributed by atoms with Crippen LogP contribution in [0.3, 0.4) is 0 Å². The smallest absolute Gasteiger partial charge is 0.367 e. The lowest BCUT2D eigenvalue weighted by atomic mass is 10.1. The van der Waals surface area contributed by atoms with Gasteiger partial charge in [0.05, 0.1) is 45.6 Å². The van der Waals surface area contributed by atoms with E-state index in [2.05, 4.69) is 56.2 Å². The fourth-order valence-electron chi connectivity index (χ4n) is 14.2. The third-order valence-corrected chi connectivity index (χ3v) is 23.9. The molecule has 3 aliphatic heterocycles. The molecule has 5 amide bonds. The second kappa shape index (κ2) is 50.7. The van der Waals surface area contributed by atoms with Crippen molar-refractivity contribution in [2.45, 2.75) is 163 Å². The summed E-state index contributed by atoms with van der Waals surface area (Å²) < 4.78 is 120. The third kappa shape index (κ3) is 33.6. The monoisotopic (exact) mass is 1950 g/mol. The molecule has 6 atom stereocenters. The number of nitrogens with zero attached hydrogens (tertiary/aromatic N) is 5. The molecule has 0 unspecified atom stereocenters. The number of alkyl halides is 3. The molecule has 129 heavy (non-hydrogen) atoms. The number of carboxylic acids is 1. The Morgan fingerprint density at radius 1 is 0.465 bits per heavy atom. The zero-order valence-electron chi connectivity index (χ0n) is 73.7. The number of ether oxygens (including phenoxy) is 3. The summed E-state index contributed by atoms with van der Waals surface area (Å²) in [6, 6.07) is 41.4. The maximum atomic E-state index is 14.5. The fraction of sp³-hybridized carbons (Fsp3) is 0.427. The molecule has 6 aromatic carbocycles. The van der Waals surface area contributed by atoms with Crippen LogP contribution in [0.4, 0.5) is 13.2 Å². The van der Waals surface area contributed by atoms with Gasteiger partial charge in [0.2, 0.25) is 29.5 Å². The summed E-state index contributed by atoms with van der Waals surface area (Å²) in [6.07, 6.45) is 1.83. The van der Waals surface area contributed by atoms with E-state index in [-0.39, 0.29) is 157 Å². The van der Waals surface area contributed by atoms with E-state index in [1.54, 1.807) is 80.9 Å². The Balaban J connectivity index is 0.000000240.